The molecule has 1 atom stereocenters. The highest BCUT2D eigenvalue weighted by Crippen LogP contribution is 2.23. The Balaban J connectivity index is 1.22. The lowest BCUT2D eigenvalue weighted by Gasteiger charge is -2.16. The number of pyridine rings is 1. The van der Waals surface area contributed by atoms with Gasteiger partial charge in [-0.2, -0.15) is 0 Å². The number of allylic oxidation sites excluding steroid dienone is 3. The molecule has 2 heterocycles. The summed E-state index contributed by atoms with van der Waals surface area (Å²) in [6, 6.07) is 10.3. The Labute approximate surface area is 159 Å². The van der Waals surface area contributed by atoms with Gasteiger partial charge in [0.2, 0.25) is 0 Å². The zero-order valence-electron chi connectivity index (χ0n) is 15.4. The van der Waals surface area contributed by atoms with Crippen LogP contribution in [-0.4, -0.2) is 35.2 Å². The summed E-state index contributed by atoms with van der Waals surface area (Å²) in [5.74, 6) is 0. The topological polar surface area (TPSA) is 54.5 Å². The van der Waals surface area contributed by atoms with Crippen LogP contribution in [0, 0.1) is 0 Å². The molecule has 27 heavy (non-hydrogen) atoms. The quantitative estimate of drug-likeness (QED) is 0.751. The number of hydrogen-bond acceptors (Lipinski definition) is 4. The van der Waals surface area contributed by atoms with E-state index in [4.69, 9.17) is 4.74 Å². The van der Waals surface area contributed by atoms with E-state index in [-0.39, 0.29) is 12.2 Å². The Morgan fingerprint density at radius 3 is 3.07 bits per heavy atom. The zero-order valence-corrected chi connectivity index (χ0v) is 15.4. The largest absolute Gasteiger partial charge is 0.444 e. The average molecular weight is 363 g/mol. The van der Waals surface area contributed by atoms with E-state index in [2.05, 4.69) is 34.6 Å². The van der Waals surface area contributed by atoms with E-state index in [1.807, 2.05) is 30.5 Å². The van der Waals surface area contributed by atoms with Gasteiger partial charge in [0.05, 0.1) is 12.1 Å². The van der Waals surface area contributed by atoms with Crippen LogP contribution in [0.3, 0.4) is 0 Å². The minimum atomic E-state index is -0.214. The maximum atomic E-state index is 12.1. The third-order valence-corrected chi connectivity index (χ3v) is 5.09. The van der Waals surface area contributed by atoms with Crippen LogP contribution in [-0.2, 0) is 11.3 Å². The van der Waals surface area contributed by atoms with Crippen molar-refractivity contribution in [2.24, 2.45) is 0 Å². The number of aromatic nitrogens is 1. The molecule has 1 aromatic heterocycles. The fourth-order valence-corrected chi connectivity index (χ4v) is 3.68. The Morgan fingerprint density at radius 2 is 2.19 bits per heavy atom. The van der Waals surface area contributed by atoms with Crippen LogP contribution < -0.4 is 5.32 Å². The number of hydrogen-bond donors (Lipinski definition) is 1. The van der Waals surface area contributed by atoms with Gasteiger partial charge in [0.25, 0.3) is 0 Å². The van der Waals surface area contributed by atoms with Gasteiger partial charge in [-0.15, -0.1) is 0 Å². The van der Waals surface area contributed by atoms with Crippen molar-refractivity contribution >= 4 is 17.0 Å². The number of fused-ring (bicyclic) bond motifs is 1. The number of nitrogens with one attached hydrogen (secondary N) is 1. The van der Waals surface area contributed by atoms with Gasteiger partial charge in [-0.05, 0) is 56.0 Å². The lowest BCUT2D eigenvalue weighted by Crippen LogP contribution is -2.24. The van der Waals surface area contributed by atoms with Crippen LogP contribution in [0.1, 0.15) is 31.2 Å². The summed E-state index contributed by atoms with van der Waals surface area (Å²) in [4.78, 5) is 18.3. The molecular weight excluding hydrogens is 338 g/mol. The normalized spacial score (nSPS) is 19.4. The van der Waals surface area contributed by atoms with Crippen molar-refractivity contribution in [1.29, 1.82) is 0 Å². The average Bonchev–Trinajstić information content (AvgIpc) is 3.09. The van der Waals surface area contributed by atoms with Crippen LogP contribution >= 0.6 is 0 Å². The Kier molecular flexibility index (Phi) is 5.49. The van der Waals surface area contributed by atoms with Crippen molar-refractivity contribution in [3.05, 3.63) is 66.0 Å². The molecule has 140 valence electrons. The van der Waals surface area contributed by atoms with Crippen LogP contribution in [0.2, 0.25) is 0 Å². The summed E-state index contributed by atoms with van der Waals surface area (Å²) in [7, 11) is 0. The van der Waals surface area contributed by atoms with Gasteiger partial charge in [0.1, 0.15) is 6.10 Å². The van der Waals surface area contributed by atoms with Crippen LogP contribution in [0.15, 0.2) is 60.5 Å². The summed E-state index contributed by atoms with van der Waals surface area (Å²) < 4.78 is 5.53. The molecule has 1 aromatic carbocycles. The summed E-state index contributed by atoms with van der Waals surface area (Å²) >= 11 is 0. The van der Waals surface area contributed by atoms with Gasteiger partial charge < -0.3 is 10.1 Å². The predicted molar refractivity (Wildman–Crippen MR) is 106 cm³/mol. The molecule has 5 heteroatoms. The molecule has 2 aliphatic rings. The maximum absolute atomic E-state index is 12.1. The molecule has 1 unspecified atom stereocenters. The van der Waals surface area contributed by atoms with Gasteiger partial charge in [0, 0.05) is 23.8 Å². The summed E-state index contributed by atoms with van der Waals surface area (Å²) in [6.07, 6.45) is 11.7. The number of amides is 1. The van der Waals surface area contributed by atoms with E-state index in [1.165, 1.54) is 10.9 Å². The number of nitrogens with zero attached hydrogens (tertiary/aromatic N) is 2. The van der Waals surface area contributed by atoms with Gasteiger partial charge in [-0.3, -0.25) is 9.88 Å². The molecule has 1 aliphatic heterocycles. The highest BCUT2D eigenvalue weighted by Gasteiger charge is 2.32. The first-order valence-corrected chi connectivity index (χ1v) is 9.69. The molecule has 0 spiro atoms. The van der Waals surface area contributed by atoms with Gasteiger partial charge in [-0.25, -0.2) is 4.79 Å². The molecule has 1 amide bonds. The molecule has 4 rings (SSSR count). The molecule has 1 saturated heterocycles. The number of carbonyl (C=O) groups is 1. The number of cyclic esters (lactones) is 1. The summed E-state index contributed by atoms with van der Waals surface area (Å²) in [6.45, 7) is 2.37. The highest BCUT2D eigenvalue weighted by molar-refractivity contribution is 5.81. The first-order chi connectivity index (χ1) is 13.3. The molecule has 1 aliphatic carbocycles. The van der Waals surface area contributed by atoms with Crippen LogP contribution in [0.25, 0.3) is 10.9 Å². The van der Waals surface area contributed by atoms with E-state index in [0.29, 0.717) is 6.54 Å². The SMILES string of the molecule is O=C1OC(CCCNCc2cccc3ncccc23)CN1C1=CCCC=C1. The number of benzene rings is 1. The van der Waals surface area contributed by atoms with Gasteiger partial charge in [-0.1, -0.05) is 30.4 Å². The second kappa shape index (κ2) is 8.35. The number of ether oxygens (including phenoxy) is 1. The maximum Gasteiger partial charge on any atom is 0.414 e. The fourth-order valence-electron chi connectivity index (χ4n) is 3.68. The zero-order chi connectivity index (χ0) is 18.5. The number of rotatable bonds is 7. The monoisotopic (exact) mass is 363 g/mol. The Morgan fingerprint density at radius 1 is 1.22 bits per heavy atom. The van der Waals surface area contributed by atoms with Crippen LogP contribution in [0.5, 0.6) is 0 Å². The molecule has 2 aromatic rings. The number of carbonyl (C=O) groups excluding carboxylic acids is 1. The summed E-state index contributed by atoms with van der Waals surface area (Å²) in [5.41, 5.74) is 3.27. The molecule has 1 fully saturated rings. The lowest BCUT2D eigenvalue weighted by atomic mass is 10.1. The van der Waals surface area contributed by atoms with E-state index in [9.17, 15) is 4.79 Å². The Bertz CT molecular complexity index is 869. The predicted octanol–water partition coefficient (Wildman–Crippen LogP) is 4.16. The molecule has 5 nitrogen and oxygen atoms in total. The fraction of sp³-hybridized carbons (Fsp3) is 0.364. The third kappa shape index (κ3) is 4.19. The first-order valence-electron chi connectivity index (χ1n) is 9.69. The molecule has 1 N–H and O–H groups in total. The van der Waals surface area contributed by atoms with Crippen molar-refractivity contribution in [2.75, 3.05) is 13.1 Å². The third-order valence-electron chi connectivity index (χ3n) is 5.09. The molecule has 0 saturated carbocycles. The van der Waals surface area contributed by atoms with Crippen molar-refractivity contribution < 1.29 is 9.53 Å². The van der Waals surface area contributed by atoms with Gasteiger partial charge in [0.15, 0.2) is 0 Å². The standard InChI is InChI=1S/C22H25N3O2/c26-22-25(18-8-2-1-3-9-18)16-19(27-22)10-5-13-23-15-17-7-4-12-21-20(17)11-6-14-24-21/h2,4,6-9,11-12,14,19,23H,1,3,5,10,13,15-16H2. The first kappa shape index (κ1) is 17.7. The minimum absolute atomic E-state index is 0.0164. The Hall–Kier alpha value is -2.66. The highest BCUT2D eigenvalue weighted by atomic mass is 16.6. The minimum Gasteiger partial charge on any atom is -0.444 e. The van der Waals surface area contributed by atoms with Gasteiger partial charge >= 0.3 is 6.09 Å². The van der Waals surface area contributed by atoms with E-state index in [0.717, 1.165) is 50.0 Å². The molecule has 0 radical (unpaired) electrons. The van der Waals surface area contributed by atoms with E-state index >= 15 is 0 Å². The summed E-state index contributed by atoms with van der Waals surface area (Å²) in [5, 5.41) is 4.70. The molecular formula is C22H25N3O2. The second-order valence-electron chi connectivity index (χ2n) is 7.03. The second-order valence-corrected chi connectivity index (χ2v) is 7.03. The lowest BCUT2D eigenvalue weighted by molar-refractivity contribution is 0.130. The smallest absolute Gasteiger partial charge is 0.414 e. The molecule has 0 bridgehead atoms. The van der Waals surface area contributed by atoms with Crippen molar-refractivity contribution in [3.63, 3.8) is 0 Å². The van der Waals surface area contributed by atoms with E-state index < -0.39 is 0 Å². The van der Waals surface area contributed by atoms with Crippen molar-refractivity contribution in [3.8, 4) is 0 Å². The van der Waals surface area contributed by atoms with Crippen molar-refractivity contribution in [1.82, 2.24) is 15.2 Å². The van der Waals surface area contributed by atoms with Crippen LogP contribution in [0.4, 0.5) is 4.79 Å². The van der Waals surface area contributed by atoms with E-state index in [1.54, 1.807) is 4.90 Å². The van der Waals surface area contributed by atoms with Crippen molar-refractivity contribution in [2.45, 2.75) is 38.3 Å².